The molecule has 0 spiro atoms. The molecule has 1 heterocycles. The van der Waals surface area contributed by atoms with E-state index in [9.17, 15) is 28.0 Å². The van der Waals surface area contributed by atoms with E-state index < -0.39 is 53.4 Å². The first-order valence-electron chi connectivity index (χ1n) is 8.18. The van der Waals surface area contributed by atoms with E-state index in [1.165, 1.54) is 6.92 Å². The Hall–Kier alpha value is -3.76. The van der Waals surface area contributed by atoms with Gasteiger partial charge in [0.1, 0.15) is 16.9 Å². The van der Waals surface area contributed by atoms with Gasteiger partial charge in [-0.3, -0.25) is 14.9 Å². The van der Waals surface area contributed by atoms with Crippen LogP contribution >= 0.6 is 0 Å². The van der Waals surface area contributed by atoms with Gasteiger partial charge in [-0.2, -0.15) is 0 Å². The summed E-state index contributed by atoms with van der Waals surface area (Å²) in [6.07, 6.45) is 0. The highest BCUT2D eigenvalue weighted by molar-refractivity contribution is 6.10. The Labute approximate surface area is 162 Å². The Morgan fingerprint density at radius 3 is 2.34 bits per heavy atom. The molecule has 2 aromatic rings. The van der Waals surface area contributed by atoms with Crippen molar-refractivity contribution in [1.82, 2.24) is 0 Å². The molecule has 0 atom stereocenters. The predicted octanol–water partition coefficient (Wildman–Crippen LogP) is 1.94. The molecule has 2 rings (SSSR count). The fourth-order valence-corrected chi connectivity index (χ4v) is 2.32. The summed E-state index contributed by atoms with van der Waals surface area (Å²) in [5.74, 6) is -6.80. The number of furan rings is 1. The van der Waals surface area contributed by atoms with Gasteiger partial charge in [-0.25, -0.2) is 18.4 Å². The molecule has 0 saturated heterocycles. The molecule has 3 N–H and O–H groups in total. The largest absolute Gasteiger partial charge is 0.462 e. The van der Waals surface area contributed by atoms with Gasteiger partial charge in [-0.05, 0) is 32.0 Å². The second-order valence-corrected chi connectivity index (χ2v) is 5.58. The Bertz CT molecular complexity index is 985. The van der Waals surface area contributed by atoms with Crippen LogP contribution in [0.25, 0.3) is 0 Å². The molecule has 0 aliphatic heterocycles. The van der Waals surface area contributed by atoms with Crippen LogP contribution in [-0.4, -0.2) is 37.0 Å². The minimum atomic E-state index is -1.26. The second-order valence-electron chi connectivity index (χ2n) is 5.58. The number of hydrogen-bond donors (Lipinski definition) is 2. The minimum absolute atomic E-state index is 0.0219. The number of aryl methyl sites for hydroxylation is 1. The van der Waals surface area contributed by atoms with Gasteiger partial charge in [0.15, 0.2) is 18.2 Å². The monoisotopic (exact) mass is 410 g/mol. The van der Waals surface area contributed by atoms with Crippen molar-refractivity contribution in [2.24, 2.45) is 5.73 Å². The Morgan fingerprint density at radius 1 is 1.07 bits per heavy atom. The summed E-state index contributed by atoms with van der Waals surface area (Å²) in [6.45, 7) is 2.10. The number of anilines is 1. The average Bonchev–Trinajstić information content (AvgIpc) is 2.98. The van der Waals surface area contributed by atoms with E-state index >= 15 is 0 Å². The summed E-state index contributed by atoms with van der Waals surface area (Å²) in [5.41, 5.74) is 4.30. The number of ether oxygens (including phenoxy) is 2. The lowest BCUT2D eigenvalue weighted by Crippen LogP contribution is -2.23. The molecule has 29 heavy (non-hydrogen) atoms. The number of hydrogen-bond acceptors (Lipinski definition) is 7. The zero-order valence-corrected chi connectivity index (χ0v) is 15.3. The molecule has 0 unspecified atom stereocenters. The van der Waals surface area contributed by atoms with Crippen LogP contribution in [0.15, 0.2) is 22.6 Å². The van der Waals surface area contributed by atoms with Crippen molar-refractivity contribution >= 4 is 29.6 Å². The smallest absolute Gasteiger partial charge is 0.342 e. The Balaban J connectivity index is 2.11. The maximum absolute atomic E-state index is 13.2. The Morgan fingerprint density at radius 2 is 1.76 bits per heavy atom. The van der Waals surface area contributed by atoms with Crippen molar-refractivity contribution in [2.45, 2.75) is 13.8 Å². The third-order valence-electron chi connectivity index (χ3n) is 3.55. The molecule has 0 saturated carbocycles. The van der Waals surface area contributed by atoms with E-state index in [1.54, 1.807) is 6.92 Å². The molecule has 0 aliphatic rings. The van der Waals surface area contributed by atoms with Crippen molar-refractivity contribution in [1.29, 1.82) is 0 Å². The number of nitrogens with one attached hydrogen (secondary N) is 1. The first-order valence-corrected chi connectivity index (χ1v) is 8.18. The summed E-state index contributed by atoms with van der Waals surface area (Å²) >= 11 is 0. The van der Waals surface area contributed by atoms with Crippen molar-refractivity contribution in [3.05, 3.63) is 52.3 Å². The van der Waals surface area contributed by atoms with Gasteiger partial charge in [-0.15, -0.1) is 0 Å². The Kier molecular flexibility index (Phi) is 6.65. The van der Waals surface area contributed by atoms with Gasteiger partial charge in [-0.1, -0.05) is 0 Å². The first-order chi connectivity index (χ1) is 13.6. The van der Waals surface area contributed by atoms with Crippen LogP contribution in [0.4, 0.5) is 14.7 Å². The molecule has 1 aromatic carbocycles. The fraction of sp³-hybridized carbons (Fsp3) is 0.222. The van der Waals surface area contributed by atoms with Gasteiger partial charge in [0.05, 0.1) is 12.2 Å². The topological polar surface area (TPSA) is 138 Å². The van der Waals surface area contributed by atoms with Crippen LogP contribution in [0.2, 0.25) is 0 Å². The highest BCUT2D eigenvalue weighted by atomic mass is 19.2. The molecule has 2 amide bonds. The number of amides is 2. The quantitative estimate of drug-likeness (QED) is 0.665. The summed E-state index contributed by atoms with van der Waals surface area (Å²) in [7, 11) is 0. The molecular formula is C18H16F2N2O7. The maximum atomic E-state index is 13.2. The first kappa shape index (κ1) is 21.5. The van der Waals surface area contributed by atoms with Crippen LogP contribution in [0.3, 0.4) is 0 Å². The normalized spacial score (nSPS) is 10.3. The lowest BCUT2D eigenvalue weighted by atomic mass is 10.1. The number of rotatable bonds is 7. The number of primary amides is 1. The average molecular weight is 410 g/mol. The summed E-state index contributed by atoms with van der Waals surface area (Å²) < 4.78 is 40.7. The van der Waals surface area contributed by atoms with E-state index in [-0.39, 0.29) is 23.5 Å². The lowest BCUT2D eigenvalue weighted by molar-refractivity contribution is -0.119. The van der Waals surface area contributed by atoms with Crippen LogP contribution in [0.5, 0.6) is 0 Å². The van der Waals surface area contributed by atoms with Gasteiger partial charge < -0.3 is 19.6 Å². The molecule has 0 aliphatic carbocycles. The number of halogens is 2. The number of carbonyl (C=O) groups excluding carboxylic acids is 4. The SMILES string of the molecule is CCOC(=O)c1c(C)oc(NC(=O)COC(=O)c2ccc(F)c(F)c2)c1C(N)=O. The molecule has 0 radical (unpaired) electrons. The lowest BCUT2D eigenvalue weighted by Gasteiger charge is -2.06. The summed E-state index contributed by atoms with van der Waals surface area (Å²) in [5, 5.41) is 2.15. The molecule has 9 nitrogen and oxygen atoms in total. The van der Waals surface area contributed by atoms with Gasteiger partial charge in [0.25, 0.3) is 11.8 Å². The van der Waals surface area contributed by atoms with Crippen molar-refractivity contribution < 1.29 is 41.8 Å². The molecule has 11 heteroatoms. The third-order valence-corrected chi connectivity index (χ3v) is 3.55. The highest BCUT2D eigenvalue weighted by Crippen LogP contribution is 2.27. The molecule has 1 aromatic heterocycles. The number of benzene rings is 1. The van der Waals surface area contributed by atoms with E-state index in [4.69, 9.17) is 19.6 Å². The molecule has 0 fully saturated rings. The van der Waals surface area contributed by atoms with E-state index in [0.29, 0.717) is 6.07 Å². The van der Waals surface area contributed by atoms with E-state index in [1.807, 2.05) is 0 Å². The highest BCUT2D eigenvalue weighted by Gasteiger charge is 2.29. The molecule has 0 bridgehead atoms. The zero-order chi connectivity index (χ0) is 21.7. The van der Waals surface area contributed by atoms with Crippen LogP contribution in [0.1, 0.15) is 43.8 Å². The zero-order valence-electron chi connectivity index (χ0n) is 15.3. The standard InChI is InChI=1S/C18H16F2N2O7/c1-3-27-18(26)13-8(2)29-16(14(13)15(21)24)22-12(23)7-28-17(25)9-4-5-10(19)11(20)6-9/h4-6H,3,7H2,1-2H3,(H2,21,24)(H,22,23). The number of carbonyl (C=O) groups is 4. The van der Waals surface area contributed by atoms with Crippen LogP contribution in [-0.2, 0) is 14.3 Å². The third kappa shape index (κ3) is 4.94. The summed E-state index contributed by atoms with van der Waals surface area (Å²) in [6, 6.07) is 2.32. The van der Waals surface area contributed by atoms with Crippen molar-refractivity contribution in [3.8, 4) is 0 Å². The maximum Gasteiger partial charge on any atom is 0.342 e. The minimum Gasteiger partial charge on any atom is -0.462 e. The predicted molar refractivity (Wildman–Crippen MR) is 93.2 cm³/mol. The molecule has 154 valence electrons. The summed E-state index contributed by atoms with van der Waals surface area (Å²) in [4.78, 5) is 47.5. The van der Waals surface area contributed by atoms with Gasteiger partial charge in [0.2, 0.25) is 5.88 Å². The van der Waals surface area contributed by atoms with E-state index in [0.717, 1.165) is 12.1 Å². The number of esters is 2. The fourth-order valence-electron chi connectivity index (χ4n) is 2.32. The van der Waals surface area contributed by atoms with Gasteiger partial charge >= 0.3 is 11.9 Å². The second kappa shape index (κ2) is 8.95. The molecular weight excluding hydrogens is 394 g/mol. The number of nitrogens with two attached hydrogens (primary N) is 1. The van der Waals surface area contributed by atoms with Crippen molar-refractivity contribution in [3.63, 3.8) is 0 Å². The van der Waals surface area contributed by atoms with Gasteiger partial charge in [0, 0.05) is 0 Å². The van der Waals surface area contributed by atoms with Crippen LogP contribution < -0.4 is 11.1 Å². The van der Waals surface area contributed by atoms with Crippen LogP contribution in [0, 0.1) is 18.6 Å². The van der Waals surface area contributed by atoms with E-state index in [2.05, 4.69) is 5.32 Å². The van der Waals surface area contributed by atoms with Crippen molar-refractivity contribution in [2.75, 3.05) is 18.5 Å².